The lowest BCUT2D eigenvalue weighted by Crippen LogP contribution is -2.37. The van der Waals surface area contributed by atoms with Gasteiger partial charge in [-0.05, 0) is 29.7 Å². The Morgan fingerprint density at radius 2 is 2.24 bits per heavy atom. The van der Waals surface area contributed by atoms with E-state index in [9.17, 15) is 4.79 Å². The zero-order valence-corrected chi connectivity index (χ0v) is 10.2. The zero-order chi connectivity index (χ0) is 12.3. The minimum atomic E-state index is -0.172. The SMILES string of the molecule is COC(=O)CC1Cc2cc(OC)ccc2CN1. The highest BCUT2D eigenvalue weighted by Gasteiger charge is 2.21. The molecule has 1 atom stereocenters. The number of hydrogen-bond donors (Lipinski definition) is 1. The maximum absolute atomic E-state index is 11.2. The molecule has 92 valence electrons. The van der Waals surface area contributed by atoms with Crippen LogP contribution in [0, 0.1) is 0 Å². The van der Waals surface area contributed by atoms with Gasteiger partial charge >= 0.3 is 5.97 Å². The van der Waals surface area contributed by atoms with Gasteiger partial charge in [0.2, 0.25) is 0 Å². The van der Waals surface area contributed by atoms with Crippen molar-refractivity contribution in [2.75, 3.05) is 14.2 Å². The Kier molecular flexibility index (Phi) is 3.64. The lowest BCUT2D eigenvalue weighted by atomic mass is 9.94. The summed E-state index contributed by atoms with van der Waals surface area (Å²) in [5.74, 6) is 0.691. The molecule has 2 rings (SSSR count). The van der Waals surface area contributed by atoms with Crippen LogP contribution in [0.1, 0.15) is 17.5 Å². The third-order valence-corrected chi connectivity index (χ3v) is 3.10. The Morgan fingerprint density at radius 1 is 1.41 bits per heavy atom. The third kappa shape index (κ3) is 2.77. The van der Waals surface area contributed by atoms with Crippen molar-refractivity contribution in [3.63, 3.8) is 0 Å². The van der Waals surface area contributed by atoms with E-state index >= 15 is 0 Å². The number of nitrogens with one attached hydrogen (secondary N) is 1. The van der Waals surface area contributed by atoms with Gasteiger partial charge in [-0.3, -0.25) is 4.79 Å². The number of carbonyl (C=O) groups excluding carboxylic acids is 1. The van der Waals surface area contributed by atoms with Gasteiger partial charge in [-0.15, -0.1) is 0 Å². The van der Waals surface area contributed by atoms with Crippen molar-refractivity contribution in [3.05, 3.63) is 29.3 Å². The monoisotopic (exact) mass is 235 g/mol. The van der Waals surface area contributed by atoms with Crippen LogP contribution >= 0.6 is 0 Å². The van der Waals surface area contributed by atoms with Crippen molar-refractivity contribution in [1.82, 2.24) is 5.32 Å². The second-order valence-electron chi connectivity index (χ2n) is 4.20. The lowest BCUT2D eigenvalue weighted by Gasteiger charge is -2.25. The van der Waals surface area contributed by atoms with Crippen molar-refractivity contribution < 1.29 is 14.3 Å². The Balaban J connectivity index is 2.08. The Morgan fingerprint density at radius 3 is 2.94 bits per heavy atom. The highest BCUT2D eigenvalue weighted by molar-refractivity contribution is 5.70. The van der Waals surface area contributed by atoms with Gasteiger partial charge in [0.05, 0.1) is 20.6 Å². The molecule has 0 bridgehead atoms. The van der Waals surface area contributed by atoms with Crippen LogP contribution in [0.4, 0.5) is 0 Å². The fraction of sp³-hybridized carbons (Fsp3) is 0.462. The first-order valence-corrected chi connectivity index (χ1v) is 5.69. The van der Waals surface area contributed by atoms with Crippen LogP contribution in [0.25, 0.3) is 0 Å². The number of carbonyl (C=O) groups is 1. The highest BCUT2D eigenvalue weighted by atomic mass is 16.5. The van der Waals surface area contributed by atoms with E-state index in [0.29, 0.717) is 6.42 Å². The fourth-order valence-electron chi connectivity index (χ4n) is 2.11. The van der Waals surface area contributed by atoms with Crippen molar-refractivity contribution in [2.24, 2.45) is 0 Å². The number of rotatable bonds is 3. The predicted molar refractivity (Wildman–Crippen MR) is 64.0 cm³/mol. The second kappa shape index (κ2) is 5.19. The van der Waals surface area contributed by atoms with Crippen molar-refractivity contribution in [1.29, 1.82) is 0 Å². The van der Waals surface area contributed by atoms with Crippen LogP contribution in [0.15, 0.2) is 18.2 Å². The van der Waals surface area contributed by atoms with E-state index in [1.165, 1.54) is 18.2 Å². The smallest absolute Gasteiger partial charge is 0.307 e. The molecule has 0 saturated heterocycles. The molecule has 0 fully saturated rings. The molecule has 17 heavy (non-hydrogen) atoms. The quantitative estimate of drug-likeness (QED) is 0.802. The summed E-state index contributed by atoms with van der Waals surface area (Å²) in [6, 6.07) is 6.22. The molecule has 4 heteroatoms. The van der Waals surface area contributed by atoms with E-state index in [-0.39, 0.29) is 12.0 Å². The summed E-state index contributed by atoms with van der Waals surface area (Å²) in [5, 5.41) is 3.34. The zero-order valence-electron chi connectivity index (χ0n) is 10.2. The van der Waals surface area contributed by atoms with Gasteiger partial charge in [0.25, 0.3) is 0 Å². The molecule has 0 spiro atoms. The second-order valence-corrected chi connectivity index (χ2v) is 4.20. The van der Waals surface area contributed by atoms with Gasteiger partial charge in [0, 0.05) is 12.6 Å². The van der Waals surface area contributed by atoms with Gasteiger partial charge in [-0.25, -0.2) is 0 Å². The van der Waals surface area contributed by atoms with E-state index in [0.717, 1.165) is 18.7 Å². The molecule has 1 heterocycles. The predicted octanol–water partition coefficient (Wildman–Crippen LogP) is 1.27. The molecule has 1 aliphatic heterocycles. The first-order chi connectivity index (χ1) is 8.22. The summed E-state index contributed by atoms with van der Waals surface area (Å²) >= 11 is 0. The molecule has 1 aliphatic rings. The Hall–Kier alpha value is -1.55. The topological polar surface area (TPSA) is 47.6 Å². The first kappa shape index (κ1) is 11.9. The summed E-state index contributed by atoms with van der Waals surface area (Å²) in [4.78, 5) is 11.2. The maximum Gasteiger partial charge on any atom is 0.307 e. The fourth-order valence-corrected chi connectivity index (χ4v) is 2.11. The largest absolute Gasteiger partial charge is 0.497 e. The van der Waals surface area contributed by atoms with E-state index in [1.807, 2.05) is 12.1 Å². The van der Waals surface area contributed by atoms with Crippen LogP contribution in [0.5, 0.6) is 5.75 Å². The summed E-state index contributed by atoms with van der Waals surface area (Å²) in [6.45, 7) is 0.793. The highest BCUT2D eigenvalue weighted by Crippen LogP contribution is 2.23. The third-order valence-electron chi connectivity index (χ3n) is 3.10. The minimum Gasteiger partial charge on any atom is -0.497 e. The number of benzene rings is 1. The summed E-state index contributed by atoms with van der Waals surface area (Å²) in [7, 11) is 3.08. The molecule has 1 aromatic carbocycles. The van der Waals surface area contributed by atoms with E-state index in [2.05, 4.69) is 16.1 Å². The van der Waals surface area contributed by atoms with Crippen molar-refractivity contribution in [3.8, 4) is 5.75 Å². The summed E-state index contributed by atoms with van der Waals surface area (Å²) in [5.41, 5.74) is 2.52. The number of hydrogen-bond acceptors (Lipinski definition) is 4. The van der Waals surface area contributed by atoms with Crippen LogP contribution in [-0.2, 0) is 22.5 Å². The first-order valence-electron chi connectivity index (χ1n) is 5.69. The number of methoxy groups -OCH3 is 2. The van der Waals surface area contributed by atoms with Gasteiger partial charge < -0.3 is 14.8 Å². The van der Waals surface area contributed by atoms with E-state index < -0.39 is 0 Å². The molecule has 0 saturated carbocycles. The van der Waals surface area contributed by atoms with Crippen molar-refractivity contribution in [2.45, 2.75) is 25.4 Å². The lowest BCUT2D eigenvalue weighted by molar-refractivity contribution is -0.141. The molecule has 1 N–H and O–H groups in total. The maximum atomic E-state index is 11.2. The van der Waals surface area contributed by atoms with Crippen LogP contribution in [-0.4, -0.2) is 26.2 Å². The van der Waals surface area contributed by atoms with Crippen LogP contribution in [0.3, 0.4) is 0 Å². The van der Waals surface area contributed by atoms with E-state index in [1.54, 1.807) is 7.11 Å². The molecule has 0 amide bonds. The Bertz CT molecular complexity index is 417. The molecule has 0 aromatic heterocycles. The molecular formula is C13H17NO3. The van der Waals surface area contributed by atoms with Gasteiger partial charge in [-0.1, -0.05) is 6.07 Å². The average molecular weight is 235 g/mol. The van der Waals surface area contributed by atoms with Crippen LogP contribution in [0.2, 0.25) is 0 Å². The number of esters is 1. The number of fused-ring (bicyclic) bond motifs is 1. The standard InChI is InChI=1S/C13H17NO3/c1-16-12-4-3-9-8-14-11(5-10(9)6-12)7-13(15)17-2/h3-4,6,11,14H,5,7-8H2,1-2H3. The molecular weight excluding hydrogens is 218 g/mol. The average Bonchev–Trinajstić information content (AvgIpc) is 2.37. The molecule has 0 aliphatic carbocycles. The van der Waals surface area contributed by atoms with Crippen LogP contribution < -0.4 is 10.1 Å². The van der Waals surface area contributed by atoms with Gasteiger partial charge in [0.15, 0.2) is 0 Å². The van der Waals surface area contributed by atoms with E-state index in [4.69, 9.17) is 4.74 Å². The molecule has 1 aromatic rings. The Labute approximate surface area is 101 Å². The van der Waals surface area contributed by atoms with Gasteiger partial charge in [0.1, 0.15) is 5.75 Å². The normalized spacial score (nSPS) is 18.4. The number of ether oxygens (including phenoxy) is 2. The van der Waals surface area contributed by atoms with Crippen molar-refractivity contribution >= 4 is 5.97 Å². The minimum absolute atomic E-state index is 0.155. The molecule has 0 radical (unpaired) electrons. The molecule has 4 nitrogen and oxygen atoms in total. The summed E-state index contributed by atoms with van der Waals surface area (Å²) in [6.07, 6.45) is 1.24. The van der Waals surface area contributed by atoms with Gasteiger partial charge in [-0.2, -0.15) is 0 Å². The summed E-state index contributed by atoms with van der Waals surface area (Å²) < 4.78 is 9.89. The molecule has 1 unspecified atom stereocenters.